The van der Waals surface area contributed by atoms with Gasteiger partial charge in [0.25, 0.3) is 0 Å². The molecule has 6 rings (SSSR count). The number of hydrogen-bond acceptors (Lipinski definition) is 5. The first-order chi connectivity index (χ1) is 16.2. The van der Waals surface area contributed by atoms with Crippen LogP contribution in [0.1, 0.15) is 5.56 Å². The molecule has 0 atom stereocenters. The zero-order valence-electron chi connectivity index (χ0n) is 18.3. The number of aromatic amines is 2. The van der Waals surface area contributed by atoms with Crippen LogP contribution in [-0.2, 0) is 6.54 Å². The Morgan fingerprint density at radius 1 is 0.879 bits per heavy atom. The van der Waals surface area contributed by atoms with Crippen LogP contribution in [0.15, 0.2) is 72.6 Å². The van der Waals surface area contributed by atoms with Crippen molar-refractivity contribution in [1.82, 2.24) is 30.0 Å². The van der Waals surface area contributed by atoms with Crippen molar-refractivity contribution in [3.63, 3.8) is 0 Å². The minimum atomic E-state index is 0.857. The van der Waals surface area contributed by atoms with Crippen LogP contribution in [-0.4, -0.2) is 44.1 Å². The number of H-pyrrole nitrogens is 2. The van der Waals surface area contributed by atoms with Crippen LogP contribution in [0.25, 0.3) is 54.8 Å². The largest absolute Gasteiger partial charge is 0.352 e. The average Bonchev–Trinajstić information content (AvgIpc) is 3.57. The maximum absolute atomic E-state index is 4.65. The normalized spacial score (nSPS) is 11.7. The third kappa shape index (κ3) is 3.61. The van der Waals surface area contributed by atoms with Gasteiger partial charge < -0.3 is 9.88 Å². The number of pyridine rings is 2. The van der Waals surface area contributed by atoms with Crippen LogP contribution in [0, 0.1) is 0 Å². The molecule has 0 aliphatic carbocycles. The fraction of sp³-hybridized carbons (Fsp3) is 0.115. The highest BCUT2D eigenvalue weighted by Gasteiger charge is 2.15. The zero-order chi connectivity index (χ0) is 22.4. The monoisotopic (exact) mass is 450 g/mol. The summed E-state index contributed by atoms with van der Waals surface area (Å²) in [6, 6.07) is 15.0. The lowest BCUT2D eigenvalue weighted by atomic mass is 10.0. The molecule has 0 unspecified atom stereocenters. The fourth-order valence-electron chi connectivity index (χ4n) is 4.30. The summed E-state index contributed by atoms with van der Waals surface area (Å²) in [6.07, 6.45) is 7.65. The summed E-state index contributed by atoms with van der Waals surface area (Å²) in [6.45, 7) is 0.857. The number of nitrogens with zero attached hydrogens (tertiary/aromatic N) is 4. The molecule has 0 aliphatic heterocycles. The molecule has 2 N–H and O–H groups in total. The Hall–Kier alpha value is -3.81. The van der Waals surface area contributed by atoms with E-state index in [4.69, 9.17) is 0 Å². The quantitative estimate of drug-likeness (QED) is 0.340. The lowest BCUT2D eigenvalue weighted by molar-refractivity contribution is 0.402. The Morgan fingerprint density at radius 3 is 2.64 bits per heavy atom. The van der Waals surface area contributed by atoms with E-state index in [1.807, 2.05) is 24.8 Å². The Bertz CT molecular complexity index is 1580. The van der Waals surface area contributed by atoms with Gasteiger partial charge in [0.15, 0.2) is 0 Å². The smallest absolute Gasteiger partial charge is 0.116 e. The van der Waals surface area contributed by atoms with Gasteiger partial charge in [0.1, 0.15) is 5.69 Å². The molecule has 0 aliphatic rings. The van der Waals surface area contributed by atoms with Crippen molar-refractivity contribution >= 4 is 33.1 Å². The van der Waals surface area contributed by atoms with Crippen molar-refractivity contribution in [3.05, 3.63) is 78.2 Å². The van der Waals surface area contributed by atoms with Crippen LogP contribution in [0.4, 0.5) is 0 Å². The minimum absolute atomic E-state index is 0.857. The first-order valence-electron chi connectivity index (χ1n) is 10.7. The highest BCUT2D eigenvalue weighted by molar-refractivity contribution is 7.13. The molecular formula is C26H22N6S. The summed E-state index contributed by atoms with van der Waals surface area (Å²) >= 11 is 1.72. The Morgan fingerprint density at radius 2 is 1.79 bits per heavy atom. The molecule has 0 radical (unpaired) electrons. The highest BCUT2D eigenvalue weighted by atomic mass is 32.1. The number of hydrogen-bond donors (Lipinski definition) is 2. The molecule has 0 fully saturated rings. The molecule has 7 heteroatoms. The van der Waals surface area contributed by atoms with E-state index in [1.54, 1.807) is 11.3 Å². The van der Waals surface area contributed by atoms with E-state index in [0.717, 1.165) is 56.4 Å². The summed E-state index contributed by atoms with van der Waals surface area (Å²) in [5.41, 5.74) is 8.42. The van der Waals surface area contributed by atoms with Gasteiger partial charge in [-0.2, -0.15) is 5.10 Å². The first kappa shape index (κ1) is 19.8. The SMILES string of the molecule is CN(C)Cc1cncc(-c2ccc3[nH]nc(-c4cc5c(-c6cccs6)cncc5[nH]4)c3c2)c1. The van der Waals surface area contributed by atoms with Gasteiger partial charge in [0.2, 0.25) is 0 Å². The highest BCUT2D eigenvalue weighted by Crippen LogP contribution is 2.36. The van der Waals surface area contributed by atoms with Gasteiger partial charge in [0.05, 0.1) is 22.9 Å². The number of benzene rings is 1. The molecule has 0 bridgehead atoms. The van der Waals surface area contributed by atoms with E-state index in [2.05, 4.69) is 92.0 Å². The summed E-state index contributed by atoms with van der Waals surface area (Å²) in [4.78, 5) is 15.8. The van der Waals surface area contributed by atoms with Gasteiger partial charge in [-0.1, -0.05) is 12.1 Å². The second-order valence-corrected chi connectivity index (χ2v) is 9.41. The van der Waals surface area contributed by atoms with Gasteiger partial charge in [0, 0.05) is 51.9 Å². The summed E-state index contributed by atoms with van der Waals surface area (Å²) in [5, 5.41) is 12.1. The van der Waals surface area contributed by atoms with Crippen LogP contribution < -0.4 is 0 Å². The number of rotatable bonds is 5. The van der Waals surface area contributed by atoms with Crippen LogP contribution >= 0.6 is 11.3 Å². The first-order valence-corrected chi connectivity index (χ1v) is 11.6. The summed E-state index contributed by atoms with van der Waals surface area (Å²) in [7, 11) is 4.13. The van der Waals surface area contributed by atoms with E-state index in [-0.39, 0.29) is 0 Å². The van der Waals surface area contributed by atoms with E-state index >= 15 is 0 Å². The lowest BCUT2D eigenvalue weighted by Crippen LogP contribution is -2.10. The molecule has 33 heavy (non-hydrogen) atoms. The van der Waals surface area contributed by atoms with Crippen molar-refractivity contribution in [3.8, 4) is 33.0 Å². The molecule has 0 spiro atoms. The predicted molar refractivity (Wildman–Crippen MR) is 135 cm³/mol. The zero-order valence-corrected chi connectivity index (χ0v) is 19.1. The van der Waals surface area contributed by atoms with E-state index in [1.165, 1.54) is 10.4 Å². The Kier molecular flexibility index (Phi) is 4.78. The summed E-state index contributed by atoms with van der Waals surface area (Å²) in [5.74, 6) is 0. The van der Waals surface area contributed by atoms with Crippen molar-refractivity contribution < 1.29 is 0 Å². The maximum atomic E-state index is 4.65. The second kappa shape index (κ2) is 7.95. The van der Waals surface area contributed by atoms with E-state index in [9.17, 15) is 0 Å². The molecule has 5 heterocycles. The predicted octanol–water partition coefficient (Wildman–Crippen LogP) is 5.96. The van der Waals surface area contributed by atoms with E-state index in [0.29, 0.717) is 0 Å². The molecular weight excluding hydrogens is 428 g/mol. The number of nitrogens with one attached hydrogen (secondary N) is 2. The van der Waals surface area contributed by atoms with Gasteiger partial charge in [-0.25, -0.2) is 0 Å². The molecule has 0 saturated carbocycles. The molecule has 6 nitrogen and oxygen atoms in total. The Balaban J connectivity index is 1.45. The standard InChI is InChI=1S/C26H22N6S/c1-32(2)15-16-8-18(12-27-11-16)17-5-6-22-20(9-17)26(31-30-22)23-10-19-21(25-4-3-7-33-25)13-28-14-24(19)29-23/h3-14,29H,15H2,1-2H3,(H,30,31). The molecule has 162 valence electrons. The van der Waals surface area contributed by atoms with Gasteiger partial charge in [-0.3, -0.25) is 15.1 Å². The third-order valence-electron chi connectivity index (χ3n) is 5.78. The van der Waals surface area contributed by atoms with Crippen molar-refractivity contribution in [1.29, 1.82) is 0 Å². The van der Waals surface area contributed by atoms with Crippen LogP contribution in [0.5, 0.6) is 0 Å². The van der Waals surface area contributed by atoms with Crippen molar-refractivity contribution in [2.24, 2.45) is 0 Å². The molecule has 0 amide bonds. The molecule has 1 aromatic carbocycles. The Labute approximate surface area is 195 Å². The van der Waals surface area contributed by atoms with Gasteiger partial charge >= 0.3 is 0 Å². The molecule has 0 saturated heterocycles. The number of fused-ring (bicyclic) bond motifs is 2. The van der Waals surface area contributed by atoms with Gasteiger partial charge in [-0.05, 0) is 60.9 Å². The van der Waals surface area contributed by atoms with Crippen molar-refractivity contribution in [2.45, 2.75) is 6.54 Å². The van der Waals surface area contributed by atoms with Crippen LogP contribution in [0.2, 0.25) is 0 Å². The number of aromatic nitrogens is 5. The average molecular weight is 451 g/mol. The minimum Gasteiger partial charge on any atom is -0.352 e. The van der Waals surface area contributed by atoms with Crippen LogP contribution in [0.3, 0.4) is 0 Å². The summed E-state index contributed by atoms with van der Waals surface area (Å²) < 4.78 is 0. The third-order valence-corrected chi connectivity index (χ3v) is 6.68. The topological polar surface area (TPSA) is 73.5 Å². The van der Waals surface area contributed by atoms with Gasteiger partial charge in [-0.15, -0.1) is 11.3 Å². The maximum Gasteiger partial charge on any atom is 0.116 e. The lowest BCUT2D eigenvalue weighted by Gasteiger charge is -2.10. The number of thiophene rings is 1. The second-order valence-electron chi connectivity index (χ2n) is 8.46. The van der Waals surface area contributed by atoms with Crippen molar-refractivity contribution in [2.75, 3.05) is 14.1 Å². The molecule has 5 aromatic heterocycles. The van der Waals surface area contributed by atoms with E-state index < -0.39 is 0 Å². The molecule has 6 aromatic rings. The fourth-order valence-corrected chi connectivity index (χ4v) is 5.05.